The van der Waals surface area contributed by atoms with Gasteiger partial charge in [0, 0.05) is 6.42 Å². The van der Waals surface area contributed by atoms with Crippen molar-refractivity contribution in [2.45, 2.75) is 31.1 Å². The minimum Gasteiger partial charge on any atom is -0.244 e. The summed E-state index contributed by atoms with van der Waals surface area (Å²) in [5, 5.41) is 0. The SMILES string of the molecule is FC1CC(F)C(F)C1F. The van der Waals surface area contributed by atoms with Crippen LogP contribution in [0, 0.1) is 0 Å². The summed E-state index contributed by atoms with van der Waals surface area (Å²) in [5.74, 6) is 0. The standard InChI is InChI=1S/C5H6F4/c6-2-1-3(7)5(9)4(2)8/h2-5H,1H2. The topological polar surface area (TPSA) is 0 Å². The summed E-state index contributed by atoms with van der Waals surface area (Å²) in [6, 6.07) is 0. The second kappa shape index (κ2) is 2.15. The number of rotatable bonds is 0. The van der Waals surface area contributed by atoms with Gasteiger partial charge in [0.2, 0.25) is 0 Å². The second-order valence-corrected chi connectivity index (χ2v) is 2.16. The van der Waals surface area contributed by atoms with Gasteiger partial charge in [-0.1, -0.05) is 0 Å². The van der Waals surface area contributed by atoms with Gasteiger partial charge in [-0.15, -0.1) is 0 Å². The zero-order chi connectivity index (χ0) is 7.02. The highest BCUT2D eigenvalue weighted by Crippen LogP contribution is 2.30. The Morgan fingerprint density at radius 2 is 1.11 bits per heavy atom. The minimum atomic E-state index is -2.25. The lowest BCUT2D eigenvalue weighted by Gasteiger charge is -2.02. The predicted molar refractivity (Wildman–Crippen MR) is 24.2 cm³/mol. The van der Waals surface area contributed by atoms with E-state index in [0.717, 1.165) is 0 Å². The van der Waals surface area contributed by atoms with E-state index in [1.54, 1.807) is 0 Å². The smallest absolute Gasteiger partial charge is 0.165 e. The van der Waals surface area contributed by atoms with E-state index in [1.165, 1.54) is 0 Å². The van der Waals surface area contributed by atoms with Gasteiger partial charge in [-0.2, -0.15) is 0 Å². The Hall–Kier alpha value is -0.280. The van der Waals surface area contributed by atoms with Crippen molar-refractivity contribution in [3.63, 3.8) is 0 Å². The number of hydrogen-bond acceptors (Lipinski definition) is 0. The normalized spacial score (nSPS) is 52.0. The molecule has 0 bridgehead atoms. The van der Waals surface area contributed by atoms with E-state index in [-0.39, 0.29) is 0 Å². The molecule has 0 nitrogen and oxygen atoms in total. The third-order valence-electron chi connectivity index (χ3n) is 1.45. The predicted octanol–water partition coefficient (Wildman–Crippen LogP) is 1.74. The molecule has 4 atom stereocenters. The van der Waals surface area contributed by atoms with Gasteiger partial charge in [-0.25, -0.2) is 17.6 Å². The number of hydrogen-bond donors (Lipinski definition) is 0. The zero-order valence-corrected chi connectivity index (χ0v) is 4.53. The van der Waals surface area contributed by atoms with E-state index in [4.69, 9.17) is 0 Å². The van der Waals surface area contributed by atoms with Crippen molar-refractivity contribution in [1.29, 1.82) is 0 Å². The molecule has 0 heterocycles. The molecule has 0 spiro atoms. The van der Waals surface area contributed by atoms with E-state index in [1.807, 2.05) is 0 Å². The highest BCUT2D eigenvalue weighted by atomic mass is 19.2. The third kappa shape index (κ3) is 1.02. The Labute approximate surface area is 49.9 Å². The molecule has 4 heteroatoms. The van der Waals surface area contributed by atoms with Crippen LogP contribution in [0.25, 0.3) is 0 Å². The van der Waals surface area contributed by atoms with Crippen LogP contribution in [-0.4, -0.2) is 24.7 Å². The summed E-state index contributed by atoms with van der Waals surface area (Å²) in [6.07, 6.45) is -9.03. The van der Waals surface area contributed by atoms with Gasteiger partial charge in [0.15, 0.2) is 12.3 Å². The van der Waals surface area contributed by atoms with Crippen molar-refractivity contribution in [2.75, 3.05) is 0 Å². The quantitative estimate of drug-likeness (QED) is 0.452. The average Bonchev–Trinajstić information content (AvgIpc) is 1.98. The molecule has 54 valence electrons. The molecule has 4 unspecified atom stereocenters. The summed E-state index contributed by atoms with van der Waals surface area (Å²) >= 11 is 0. The van der Waals surface area contributed by atoms with Crippen molar-refractivity contribution < 1.29 is 17.6 Å². The molecule has 0 aromatic heterocycles. The van der Waals surface area contributed by atoms with Gasteiger partial charge >= 0.3 is 0 Å². The number of halogens is 4. The fourth-order valence-corrected chi connectivity index (χ4v) is 0.874. The van der Waals surface area contributed by atoms with E-state index in [9.17, 15) is 17.6 Å². The fourth-order valence-electron chi connectivity index (χ4n) is 0.874. The molecule has 0 amide bonds. The molecule has 0 saturated heterocycles. The summed E-state index contributed by atoms with van der Waals surface area (Å²) in [7, 11) is 0. The Balaban J connectivity index is 2.54. The largest absolute Gasteiger partial charge is 0.244 e. The highest BCUT2D eigenvalue weighted by Gasteiger charge is 2.45. The summed E-state index contributed by atoms with van der Waals surface area (Å²) < 4.78 is 47.9. The first kappa shape index (κ1) is 6.83. The molecule has 1 saturated carbocycles. The van der Waals surface area contributed by atoms with Crippen molar-refractivity contribution in [3.8, 4) is 0 Å². The van der Waals surface area contributed by atoms with Crippen LogP contribution in [0.1, 0.15) is 6.42 Å². The Kier molecular flexibility index (Phi) is 1.64. The Morgan fingerprint density at radius 3 is 1.22 bits per heavy atom. The van der Waals surface area contributed by atoms with E-state index >= 15 is 0 Å². The van der Waals surface area contributed by atoms with E-state index in [2.05, 4.69) is 0 Å². The molecule has 0 aliphatic heterocycles. The van der Waals surface area contributed by atoms with Gasteiger partial charge in [0.1, 0.15) is 12.3 Å². The number of alkyl halides is 4. The fraction of sp³-hybridized carbons (Fsp3) is 1.00. The molecular formula is C5H6F4. The van der Waals surface area contributed by atoms with Crippen molar-refractivity contribution >= 4 is 0 Å². The van der Waals surface area contributed by atoms with Crippen LogP contribution in [0.5, 0.6) is 0 Å². The van der Waals surface area contributed by atoms with Crippen LogP contribution in [0.15, 0.2) is 0 Å². The Bertz CT molecular complexity index is 93.1. The maximum absolute atomic E-state index is 12.0. The Morgan fingerprint density at radius 1 is 0.778 bits per heavy atom. The first-order valence-corrected chi connectivity index (χ1v) is 2.69. The molecule has 1 rings (SSSR count). The maximum Gasteiger partial charge on any atom is 0.165 e. The van der Waals surface area contributed by atoms with Crippen LogP contribution in [0.3, 0.4) is 0 Å². The lowest BCUT2D eigenvalue weighted by molar-refractivity contribution is 0.111. The van der Waals surface area contributed by atoms with Crippen LogP contribution in [-0.2, 0) is 0 Å². The lowest BCUT2D eigenvalue weighted by Crippen LogP contribution is -2.20. The zero-order valence-electron chi connectivity index (χ0n) is 4.53. The molecule has 1 aliphatic rings. The molecule has 0 aromatic rings. The molecule has 1 aliphatic carbocycles. The van der Waals surface area contributed by atoms with Crippen molar-refractivity contribution in [2.24, 2.45) is 0 Å². The highest BCUT2D eigenvalue weighted by molar-refractivity contribution is 4.92. The van der Waals surface area contributed by atoms with Crippen LogP contribution < -0.4 is 0 Å². The average molecular weight is 142 g/mol. The van der Waals surface area contributed by atoms with Gasteiger partial charge in [0.25, 0.3) is 0 Å². The van der Waals surface area contributed by atoms with Crippen LogP contribution >= 0.6 is 0 Å². The van der Waals surface area contributed by atoms with Gasteiger partial charge in [-0.05, 0) is 0 Å². The summed E-state index contributed by atoms with van der Waals surface area (Å²) in [4.78, 5) is 0. The molecule has 0 N–H and O–H groups in total. The molecule has 0 aromatic carbocycles. The monoisotopic (exact) mass is 142 g/mol. The van der Waals surface area contributed by atoms with Crippen molar-refractivity contribution in [3.05, 3.63) is 0 Å². The van der Waals surface area contributed by atoms with E-state index in [0.29, 0.717) is 0 Å². The lowest BCUT2D eigenvalue weighted by atomic mass is 10.3. The van der Waals surface area contributed by atoms with Crippen LogP contribution in [0.4, 0.5) is 17.6 Å². The van der Waals surface area contributed by atoms with Crippen LogP contribution in [0.2, 0.25) is 0 Å². The van der Waals surface area contributed by atoms with Gasteiger partial charge < -0.3 is 0 Å². The minimum absolute atomic E-state index is 0.637. The van der Waals surface area contributed by atoms with Crippen molar-refractivity contribution in [1.82, 2.24) is 0 Å². The summed E-state index contributed by atoms with van der Waals surface area (Å²) in [6.45, 7) is 0. The first-order valence-electron chi connectivity index (χ1n) is 2.69. The van der Waals surface area contributed by atoms with Gasteiger partial charge in [0.05, 0.1) is 0 Å². The third-order valence-corrected chi connectivity index (χ3v) is 1.45. The molecule has 0 radical (unpaired) electrons. The first-order chi connectivity index (χ1) is 4.13. The summed E-state index contributed by atoms with van der Waals surface area (Å²) in [5.41, 5.74) is 0. The van der Waals surface area contributed by atoms with E-state index < -0.39 is 31.1 Å². The molecule has 9 heavy (non-hydrogen) atoms. The second-order valence-electron chi connectivity index (χ2n) is 2.16. The maximum atomic E-state index is 12.0. The molecular weight excluding hydrogens is 136 g/mol. The van der Waals surface area contributed by atoms with Gasteiger partial charge in [-0.3, -0.25) is 0 Å². The molecule has 1 fully saturated rings.